The van der Waals surface area contributed by atoms with Crippen molar-refractivity contribution in [2.75, 3.05) is 33.4 Å². The molecule has 1 fully saturated rings. The maximum absolute atomic E-state index is 5.89. The van der Waals surface area contributed by atoms with Gasteiger partial charge in [-0.3, -0.25) is 4.99 Å². The normalized spacial score (nSPS) is 19.3. The third-order valence-electron chi connectivity index (χ3n) is 4.31. The van der Waals surface area contributed by atoms with Crippen LogP contribution in [0.4, 0.5) is 0 Å². The standard InChI is InChI=1S/C19H27N3O3/c1-14(18-12-15-6-3-4-8-17(15)25-18)22-19(20-2)21-9-11-23-13-16-7-5-10-24-16/h3-4,6,8,12,14,16H,5,7,9-11,13H2,1-2H3,(H2,20,21,22). The molecule has 2 N–H and O–H groups in total. The Morgan fingerprint density at radius 1 is 1.40 bits per heavy atom. The number of nitrogens with one attached hydrogen (secondary N) is 2. The molecule has 0 amide bonds. The van der Waals surface area contributed by atoms with Gasteiger partial charge < -0.3 is 24.5 Å². The fourth-order valence-corrected chi connectivity index (χ4v) is 2.92. The van der Waals surface area contributed by atoms with Gasteiger partial charge in [0.25, 0.3) is 0 Å². The van der Waals surface area contributed by atoms with E-state index in [0.717, 1.165) is 42.1 Å². The van der Waals surface area contributed by atoms with Gasteiger partial charge in [0.05, 0.1) is 25.4 Å². The predicted molar refractivity (Wildman–Crippen MR) is 98.9 cm³/mol. The van der Waals surface area contributed by atoms with Crippen molar-refractivity contribution in [3.05, 3.63) is 36.1 Å². The lowest BCUT2D eigenvalue weighted by atomic mass is 10.2. The van der Waals surface area contributed by atoms with E-state index in [9.17, 15) is 0 Å². The van der Waals surface area contributed by atoms with Crippen LogP contribution in [0.3, 0.4) is 0 Å². The first-order chi connectivity index (χ1) is 12.3. The lowest BCUT2D eigenvalue weighted by molar-refractivity contribution is 0.0191. The molecule has 0 aliphatic carbocycles. The number of aliphatic imine (C=N–C) groups is 1. The lowest BCUT2D eigenvalue weighted by Crippen LogP contribution is -2.40. The van der Waals surface area contributed by atoms with E-state index >= 15 is 0 Å². The van der Waals surface area contributed by atoms with Crippen LogP contribution in [0.15, 0.2) is 39.7 Å². The minimum atomic E-state index is 0.0198. The molecule has 1 saturated heterocycles. The Hall–Kier alpha value is -2.05. The second-order valence-electron chi connectivity index (χ2n) is 6.26. The van der Waals surface area contributed by atoms with Crippen molar-refractivity contribution < 1.29 is 13.9 Å². The first-order valence-corrected chi connectivity index (χ1v) is 8.91. The molecule has 2 atom stereocenters. The van der Waals surface area contributed by atoms with Gasteiger partial charge in [0, 0.05) is 25.6 Å². The number of para-hydroxylation sites is 1. The molecule has 2 unspecified atom stereocenters. The summed E-state index contributed by atoms with van der Waals surface area (Å²) in [4.78, 5) is 4.26. The van der Waals surface area contributed by atoms with Crippen molar-refractivity contribution in [2.24, 2.45) is 4.99 Å². The number of rotatable bonds is 7. The zero-order valence-electron chi connectivity index (χ0n) is 15.0. The zero-order valence-corrected chi connectivity index (χ0v) is 15.0. The summed E-state index contributed by atoms with van der Waals surface area (Å²) in [6.45, 7) is 4.91. The van der Waals surface area contributed by atoms with Gasteiger partial charge in [-0.05, 0) is 31.9 Å². The summed E-state index contributed by atoms with van der Waals surface area (Å²) in [5.41, 5.74) is 0.900. The topological polar surface area (TPSA) is 68.0 Å². The number of furan rings is 1. The van der Waals surface area contributed by atoms with Crippen molar-refractivity contribution in [3.8, 4) is 0 Å². The van der Waals surface area contributed by atoms with Crippen LogP contribution in [0, 0.1) is 0 Å². The third-order valence-corrected chi connectivity index (χ3v) is 4.31. The predicted octanol–water partition coefficient (Wildman–Crippen LogP) is 2.85. The first kappa shape index (κ1) is 17.8. The second-order valence-corrected chi connectivity index (χ2v) is 6.26. The maximum atomic E-state index is 5.89. The van der Waals surface area contributed by atoms with E-state index in [4.69, 9.17) is 13.9 Å². The van der Waals surface area contributed by atoms with Gasteiger partial charge in [0.1, 0.15) is 11.3 Å². The van der Waals surface area contributed by atoms with Crippen LogP contribution >= 0.6 is 0 Å². The Kier molecular flexibility index (Phi) is 6.30. The van der Waals surface area contributed by atoms with E-state index in [1.165, 1.54) is 0 Å². The van der Waals surface area contributed by atoms with E-state index in [1.54, 1.807) is 7.05 Å². The van der Waals surface area contributed by atoms with Gasteiger partial charge in [0.2, 0.25) is 0 Å². The molecule has 0 spiro atoms. The molecule has 1 aliphatic heterocycles. The Morgan fingerprint density at radius 2 is 2.28 bits per heavy atom. The van der Waals surface area contributed by atoms with Crippen LogP contribution in [0.5, 0.6) is 0 Å². The number of fused-ring (bicyclic) bond motifs is 1. The minimum Gasteiger partial charge on any atom is -0.459 e. The fourth-order valence-electron chi connectivity index (χ4n) is 2.92. The molecule has 0 radical (unpaired) electrons. The first-order valence-electron chi connectivity index (χ1n) is 8.91. The van der Waals surface area contributed by atoms with Gasteiger partial charge in [-0.25, -0.2) is 0 Å². The smallest absolute Gasteiger partial charge is 0.191 e. The monoisotopic (exact) mass is 345 g/mol. The largest absolute Gasteiger partial charge is 0.459 e. The van der Waals surface area contributed by atoms with Crippen molar-refractivity contribution in [1.82, 2.24) is 10.6 Å². The molecule has 136 valence electrons. The summed E-state index contributed by atoms with van der Waals surface area (Å²) in [6.07, 6.45) is 2.51. The Balaban J connectivity index is 1.41. The summed E-state index contributed by atoms with van der Waals surface area (Å²) in [6, 6.07) is 10.1. The van der Waals surface area contributed by atoms with E-state index in [-0.39, 0.29) is 12.1 Å². The number of guanidine groups is 1. The molecule has 2 aromatic rings. The quantitative estimate of drug-likeness (QED) is 0.459. The SMILES string of the molecule is CN=C(NCCOCC1CCCO1)NC(C)c1cc2ccccc2o1. The fraction of sp³-hybridized carbons (Fsp3) is 0.526. The summed E-state index contributed by atoms with van der Waals surface area (Å²) in [5.74, 6) is 1.62. The highest BCUT2D eigenvalue weighted by molar-refractivity contribution is 5.81. The third kappa shape index (κ3) is 4.96. The van der Waals surface area contributed by atoms with Crippen LogP contribution in [0.1, 0.15) is 31.6 Å². The van der Waals surface area contributed by atoms with Crippen molar-refractivity contribution in [2.45, 2.75) is 31.9 Å². The highest BCUT2D eigenvalue weighted by Gasteiger charge is 2.15. The average molecular weight is 345 g/mol. The van der Waals surface area contributed by atoms with Crippen LogP contribution in [0.2, 0.25) is 0 Å². The molecule has 25 heavy (non-hydrogen) atoms. The molecule has 1 aliphatic rings. The molecule has 6 nitrogen and oxygen atoms in total. The number of nitrogens with zero attached hydrogens (tertiary/aromatic N) is 1. The Bertz CT molecular complexity index is 659. The molecule has 1 aromatic carbocycles. The maximum Gasteiger partial charge on any atom is 0.191 e. The Morgan fingerprint density at radius 3 is 3.04 bits per heavy atom. The lowest BCUT2D eigenvalue weighted by Gasteiger charge is -2.16. The highest BCUT2D eigenvalue weighted by atomic mass is 16.5. The van der Waals surface area contributed by atoms with Gasteiger partial charge in [-0.2, -0.15) is 0 Å². The average Bonchev–Trinajstić information content (AvgIpc) is 3.29. The second kappa shape index (κ2) is 8.87. The number of ether oxygens (including phenoxy) is 2. The minimum absolute atomic E-state index is 0.0198. The molecule has 0 saturated carbocycles. The van der Waals surface area contributed by atoms with E-state index in [0.29, 0.717) is 19.8 Å². The van der Waals surface area contributed by atoms with E-state index in [1.807, 2.05) is 24.3 Å². The summed E-state index contributed by atoms with van der Waals surface area (Å²) in [5, 5.41) is 7.71. The molecule has 2 heterocycles. The van der Waals surface area contributed by atoms with Crippen molar-refractivity contribution in [3.63, 3.8) is 0 Å². The molecular formula is C19H27N3O3. The van der Waals surface area contributed by atoms with Gasteiger partial charge in [-0.1, -0.05) is 18.2 Å². The number of hydrogen-bond donors (Lipinski definition) is 2. The van der Waals surface area contributed by atoms with Gasteiger partial charge in [-0.15, -0.1) is 0 Å². The van der Waals surface area contributed by atoms with Crippen LogP contribution in [-0.2, 0) is 9.47 Å². The molecule has 0 bridgehead atoms. The van der Waals surface area contributed by atoms with Crippen molar-refractivity contribution >= 4 is 16.9 Å². The van der Waals surface area contributed by atoms with Gasteiger partial charge in [0.15, 0.2) is 5.96 Å². The summed E-state index contributed by atoms with van der Waals surface area (Å²) in [7, 11) is 1.76. The highest BCUT2D eigenvalue weighted by Crippen LogP contribution is 2.23. The molecule has 3 rings (SSSR count). The van der Waals surface area contributed by atoms with Gasteiger partial charge >= 0.3 is 0 Å². The van der Waals surface area contributed by atoms with E-state index in [2.05, 4.69) is 28.6 Å². The van der Waals surface area contributed by atoms with Crippen molar-refractivity contribution in [1.29, 1.82) is 0 Å². The Labute approximate surface area is 148 Å². The molecular weight excluding hydrogens is 318 g/mol. The van der Waals surface area contributed by atoms with E-state index < -0.39 is 0 Å². The molecule has 1 aromatic heterocycles. The van der Waals surface area contributed by atoms with Crippen LogP contribution in [0.25, 0.3) is 11.0 Å². The molecule has 6 heteroatoms. The summed E-state index contributed by atoms with van der Waals surface area (Å²) >= 11 is 0. The van der Waals surface area contributed by atoms with Crippen LogP contribution < -0.4 is 10.6 Å². The summed E-state index contributed by atoms with van der Waals surface area (Å²) < 4.78 is 17.1. The van der Waals surface area contributed by atoms with Crippen LogP contribution in [-0.4, -0.2) is 45.5 Å². The number of hydrogen-bond acceptors (Lipinski definition) is 4. The number of benzene rings is 1. The zero-order chi connectivity index (χ0) is 17.5.